The Bertz CT molecular complexity index is 603. The number of nitrogens with two attached hydrogens (primary N) is 1. The Morgan fingerprint density at radius 3 is 2.72 bits per heavy atom. The number of nitriles is 1. The molecule has 0 saturated carbocycles. The molecule has 0 aromatic heterocycles. The van der Waals surface area contributed by atoms with Gasteiger partial charge in [-0.05, 0) is 18.2 Å². The van der Waals surface area contributed by atoms with Crippen molar-refractivity contribution >= 4 is 5.69 Å². The van der Waals surface area contributed by atoms with Crippen LogP contribution >= 0.6 is 0 Å². The van der Waals surface area contributed by atoms with Crippen LogP contribution in [-0.4, -0.2) is 5.11 Å². The SMILES string of the molecule is N#Cc1ccccc1COc1cccc(O)c1N. The Kier molecular flexibility index (Phi) is 3.35. The number of ether oxygens (including phenoxy) is 1. The van der Waals surface area contributed by atoms with Gasteiger partial charge in [0.2, 0.25) is 0 Å². The van der Waals surface area contributed by atoms with Crippen LogP contribution in [0.5, 0.6) is 11.5 Å². The first-order chi connectivity index (χ1) is 8.72. The molecule has 0 aliphatic carbocycles. The molecule has 0 amide bonds. The molecule has 0 atom stereocenters. The molecule has 0 aliphatic heterocycles. The second kappa shape index (κ2) is 5.11. The summed E-state index contributed by atoms with van der Waals surface area (Å²) in [4.78, 5) is 0. The molecule has 2 rings (SSSR count). The summed E-state index contributed by atoms with van der Waals surface area (Å²) in [6, 6.07) is 14.1. The van der Waals surface area contributed by atoms with Gasteiger partial charge in [-0.15, -0.1) is 0 Å². The Morgan fingerprint density at radius 2 is 1.94 bits per heavy atom. The number of hydrogen-bond donors (Lipinski definition) is 2. The smallest absolute Gasteiger partial charge is 0.146 e. The lowest BCUT2D eigenvalue weighted by Gasteiger charge is -2.10. The van der Waals surface area contributed by atoms with Crippen molar-refractivity contribution in [1.29, 1.82) is 5.26 Å². The van der Waals surface area contributed by atoms with E-state index >= 15 is 0 Å². The Morgan fingerprint density at radius 1 is 1.17 bits per heavy atom. The van der Waals surface area contributed by atoms with Crippen LogP contribution in [0.4, 0.5) is 5.69 Å². The highest BCUT2D eigenvalue weighted by Crippen LogP contribution is 2.30. The normalized spacial score (nSPS) is 9.72. The van der Waals surface area contributed by atoms with Gasteiger partial charge >= 0.3 is 0 Å². The first kappa shape index (κ1) is 11.8. The second-order valence-corrected chi connectivity index (χ2v) is 3.75. The number of nitrogens with zero attached hydrogens (tertiary/aromatic N) is 1. The van der Waals surface area contributed by atoms with Gasteiger partial charge in [0.25, 0.3) is 0 Å². The van der Waals surface area contributed by atoms with Crippen molar-refractivity contribution in [2.75, 3.05) is 5.73 Å². The third-order valence-electron chi connectivity index (χ3n) is 2.56. The summed E-state index contributed by atoms with van der Waals surface area (Å²) < 4.78 is 5.51. The highest BCUT2D eigenvalue weighted by atomic mass is 16.5. The van der Waals surface area contributed by atoms with Crippen molar-refractivity contribution < 1.29 is 9.84 Å². The van der Waals surface area contributed by atoms with E-state index in [1.807, 2.05) is 12.1 Å². The summed E-state index contributed by atoms with van der Waals surface area (Å²) in [5.41, 5.74) is 7.22. The van der Waals surface area contributed by atoms with Crippen LogP contribution in [0.1, 0.15) is 11.1 Å². The van der Waals surface area contributed by atoms with Gasteiger partial charge < -0.3 is 15.6 Å². The molecule has 2 aromatic rings. The van der Waals surface area contributed by atoms with E-state index in [2.05, 4.69) is 6.07 Å². The number of para-hydroxylation sites is 1. The Hall–Kier alpha value is -2.67. The maximum Gasteiger partial charge on any atom is 0.146 e. The zero-order chi connectivity index (χ0) is 13.0. The van der Waals surface area contributed by atoms with E-state index in [0.717, 1.165) is 5.56 Å². The second-order valence-electron chi connectivity index (χ2n) is 3.75. The molecule has 90 valence electrons. The zero-order valence-corrected chi connectivity index (χ0v) is 9.63. The van der Waals surface area contributed by atoms with Crippen molar-refractivity contribution in [3.63, 3.8) is 0 Å². The predicted molar refractivity (Wildman–Crippen MR) is 68.0 cm³/mol. The molecule has 0 saturated heterocycles. The molecule has 4 nitrogen and oxygen atoms in total. The van der Waals surface area contributed by atoms with Gasteiger partial charge in [-0.3, -0.25) is 0 Å². The third-order valence-corrected chi connectivity index (χ3v) is 2.56. The highest BCUT2D eigenvalue weighted by molar-refractivity contribution is 5.61. The number of benzene rings is 2. The van der Waals surface area contributed by atoms with Crippen molar-refractivity contribution in [3.05, 3.63) is 53.6 Å². The van der Waals surface area contributed by atoms with Crippen LogP contribution in [0.3, 0.4) is 0 Å². The van der Waals surface area contributed by atoms with Crippen LogP contribution in [0.25, 0.3) is 0 Å². The number of phenols is 1. The molecule has 0 unspecified atom stereocenters. The van der Waals surface area contributed by atoms with Gasteiger partial charge in [0.1, 0.15) is 23.8 Å². The molecule has 0 radical (unpaired) electrons. The molecule has 2 aromatic carbocycles. The molecule has 18 heavy (non-hydrogen) atoms. The molecule has 0 heterocycles. The van der Waals surface area contributed by atoms with E-state index in [4.69, 9.17) is 15.7 Å². The average molecular weight is 240 g/mol. The highest BCUT2D eigenvalue weighted by Gasteiger charge is 2.06. The van der Waals surface area contributed by atoms with Crippen molar-refractivity contribution in [2.24, 2.45) is 0 Å². The van der Waals surface area contributed by atoms with Crippen LogP contribution in [-0.2, 0) is 6.61 Å². The number of aromatic hydroxyl groups is 1. The van der Waals surface area contributed by atoms with Gasteiger partial charge in [0.05, 0.1) is 11.6 Å². The van der Waals surface area contributed by atoms with E-state index < -0.39 is 0 Å². The Labute approximate surface area is 105 Å². The monoisotopic (exact) mass is 240 g/mol. The maximum absolute atomic E-state index is 9.44. The van der Waals surface area contributed by atoms with E-state index in [1.165, 1.54) is 6.07 Å². The lowest BCUT2D eigenvalue weighted by molar-refractivity contribution is 0.306. The third kappa shape index (κ3) is 2.36. The van der Waals surface area contributed by atoms with E-state index in [9.17, 15) is 5.11 Å². The summed E-state index contributed by atoms with van der Waals surface area (Å²) in [7, 11) is 0. The van der Waals surface area contributed by atoms with Gasteiger partial charge in [-0.2, -0.15) is 5.26 Å². The lowest BCUT2D eigenvalue weighted by atomic mass is 10.1. The average Bonchev–Trinajstić information content (AvgIpc) is 2.41. The fourth-order valence-electron chi connectivity index (χ4n) is 1.57. The minimum Gasteiger partial charge on any atom is -0.506 e. The fraction of sp³-hybridized carbons (Fsp3) is 0.0714. The summed E-state index contributed by atoms with van der Waals surface area (Å²) >= 11 is 0. The largest absolute Gasteiger partial charge is 0.506 e. The van der Waals surface area contributed by atoms with E-state index in [-0.39, 0.29) is 18.0 Å². The van der Waals surface area contributed by atoms with Crippen LogP contribution in [0.15, 0.2) is 42.5 Å². The minimum atomic E-state index is -0.0129. The number of anilines is 1. The Balaban J connectivity index is 2.17. The number of phenolic OH excluding ortho intramolecular Hbond substituents is 1. The molecule has 3 N–H and O–H groups in total. The minimum absolute atomic E-state index is 0.0129. The molecule has 0 bridgehead atoms. The molecule has 0 spiro atoms. The molecule has 4 heteroatoms. The summed E-state index contributed by atoms with van der Waals surface area (Å²) in [5.74, 6) is 0.392. The molecule has 0 fully saturated rings. The topological polar surface area (TPSA) is 79.3 Å². The van der Waals surface area contributed by atoms with Crippen LogP contribution in [0, 0.1) is 11.3 Å². The van der Waals surface area contributed by atoms with Crippen molar-refractivity contribution in [2.45, 2.75) is 6.61 Å². The van der Waals surface area contributed by atoms with E-state index in [1.54, 1.807) is 24.3 Å². The van der Waals surface area contributed by atoms with Crippen molar-refractivity contribution in [1.82, 2.24) is 0 Å². The molecule has 0 aliphatic rings. The first-order valence-electron chi connectivity index (χ1n) is 5.40. The summed E-state index contributed by atoms with van der Waals surface area (Å²) in [6.45, 7) is 0.234. The van der Waals surface area contributed by atoms with Gasteiger partial charge in [0.15, 0.2) is 0 Å². The zero-order valence-electron chi connectivity index (χ0n) is 9.63. The predicted octanol–water partition coefficient (Wildman–Crippen LogP) is 2.43. The van der Waals surface area contributed by atoms with Gasteiger partial charge in [-0.1, -0.05) is 24.3 Å². The van der Waals surface area contributed by atoms with Gasteiger partial charge in [-0.25, -0.2) is 0 Å². The van der Waals surface area contributed by atoms with Crippen LogP contribution in [0.2, 0.25) is 0 Å². The van der Waals surface area contributed by atoms with Crippen LogP contribution < -0.4 is 10.5 Å². The summed E-state index contributed by atoms with van der Waals surface area (Å²) in [6.07, 6.45) is 0. The quantitative estimate of drug-likeness (QED) is 0.637. The number of nitrogen functional groups attached to an aromatic ring is 1. The van der Waals surface area contributed by atoms with E-state index in [0.29, 0.717) is 11.3 Å². The first-order valence-corrected chi connectivity index (χ1v) is 5.40. The van der Waals surface area contributed by atoms with Crippen molar-refractivity contribution in [3.8, 4) is 17.6 Å². The number of rotatable bonds is 3. The molecular formula is C14H12N2O2. The maximum atomic E-state index is 9.44. The number of hydrogen-bond acceptors (Lipinski definition) is 4. The lowest BCUT2D eigenvalue weighted by Crippen LogP contribution is -2.00. The fourth-order valence-corrected chi connectivity index (χ4v) is 1.57. The summed E-state index contributed by atoms with van der Waals surface area (Å²) in [5, 5.41) is 18.4. The van der Waals surface area contributed by atoms with Gasteiger partial charge in [0, 0.05) is 5.56 Å². The standard InChI is InChI=1S/C14H12N2O2/c15-8-10-4-1-2-5-11(10)9-18-13-7-3-6-12(17)14(13)16/h1-7,17H,9,16H2. The molecular weight excluding hydrogens is 228 g/mol.